The molecular formula is C24H22Cl6N2OS2. The number of carbonyl (C=O) groups is 1. The van der Waals surface area contributed by atoms with Crippen LogP contribution in [0.25, 0.3) is 0 Å². The Labute approximate surface area is 245 Å². The molecule has 188 valence electrons. The van der Waals surface area contributed by atoms with E-state index in [2.05, 4.69) is 36.8 Å². The number of nitrogens with one attached hydrogen (secondary N) is 1. The summed E-state index contributed by atoms with van der Waals surface area (Å²) in [5.41, 5.74) is 0.684. The van der Waals surface area contributed by atoms with E-state index in [1.54, 1.807) is 48.8 Å². The first-order valence-corrected chi connectivity index (χ1v) is 13.9. The fraction of sp³-hybridized carbons (Fsp3) is 0.250. The minimum Gasteiger partial charge on any atom is -0.351 e. The summed E-state index contributed by atoms with van der Waals surface area (Å²) in [7, 11) is 0. The summed E-state index contributed by atoms with van der Waals surface area (Å²) in [6, 6.07) is 9.94. The fourth-order valence-corrected chi connectivity index (χ4v) is 6.20. The van der Waals surface area contributed by atoms with Crippen molar-refractivity contribution in [3.63, 3.8) is 0 Å². The second-order valence-corrected chi connectivity index (χ2v) is 12.0. The number of amides is 1. The molecule has 0 atom stereocenters. The van der Waals surface area contributed by atoms with Gasteiger partial charge in [-0.2, -0.15) is 12.6 Å². The third-order valence-electron chi connectivity index (χ3n) is 4.57. The molecule has 0 radical (unpaired) electrons. The number of rotatable bonds is 7. The molecule has 0 aliphatic carbocycles. The van der Waals surface area contributed by atoms with Gasteiger partial charge in [0.15, 0.2) is 0 Å². The maximum absolute atomic E-state index is 11.7. The largest absolute Gasteiger partial charge is 0.351 e. The zero-order valence-electron chi connectivity index (χ0n) is 18.7. The van der Waals surface area contributed by atoms with Crippen molar-refractivity contribution < 1.29 is 4.79 Å². The molecule has 0 saturated carbocycles. The van der Waals surface area contributed by atoms with E-state index in [9.17, 15) is 4.79 Å². The van der Waals surface area contributed by atoms with Gasteiger partial charge in [-0.1, -0.05) is 95.2 Å². The number of benzene rings is 2. The van der Waals surface area contributed by atoms with Crippen molar-refractivity contribution in [2.75, 3.05) is 12.3 Å². The van der Waals surface area contributed by atoms with Crippen LogP contribution in [0.15, 0.2) is 58.6 Å². The number of hydrogen-bond acceptors (Lipinski definition) is 4. The van der Waals surface area contributed by atoms with Crippen molar-refractivity contribution in [1.82, 2.24) is 10.3 Å². The lowest BCUT2D eigenvalue weighted by atomic mass is 9.90. The first kappa shape index (κ1) is 30.7. The molecule has 0 saturated heterocycles. The van der Waals surface area contributed by atoms with E-state index < -0.39 is 0 Å². The molecule has 3 aromatic rings. The van der Waals surface area contributed by atoms with E-state index in [1.807, 2.05) is 0 Å². The van der Waals surface area contributed by atoms with E-state index in [0.717, 1.165) is 12.2 Å². The lowest BCUT2D eigenvalue weighted by molar-refractivity contribution is 0.0935. The van der Waals surface area contributed by atoms with Crippen molar-refractivity contribution in [2.24, 2.45) is 5.41 Å². The second kappa shape index (κ2) is 14.4. The normalized spacial score (nSPS) is 11.0. The molecule has 3 rings (SSSR count). The summed E-state index contributed by atoms with van der Waals surface area (Å²) in [5.74, 6) is 0.760. The van der Waals surface area contributed by atoms with Gasteiger partial charge in [0.25, 0.3) is 5.91 Å². The maximum Gasteiger partial charge on any atom is 0.252 e. The fourth-order valence-electron chi connectivity index (χ4n) is 2.66. The van der Waals surface area contributed by atoms with Crippen molar-refractivity contribution in [3.05, 3.63) is 84.5 Å². The molecule has 3 nitrogen and oxygen atoms in total. The standard InChI is InChI=1S/C12H4Cl6S.C12H18N2OS/c13-5-1-7(15)11(8(16)2-5)19-12-9(17)3-6(14)4-10(12)18;1-12(2,5-7-16)9-14-11(15)10-4-3-6-13-8-10/h1-4H;3-4,6,8,16H,5,7,9H2,1-2H3,(H,14,15). The molecular weight excluding hydrogens is 609 g/mol. The Morgan fingerprint density at radius 1 is 0.943 bits per heavy atom. The number of nitrogens with zero attached hydrogens (tertiary/aromatic N) is 1. The summed E-state index contributed by atoms with van der Waals surface area (Å²) in [4.78, 5) is 16.9. The highest BCUT2D eigenvalue weighted by molar-refractivity contribution is 7.99. The third-order valence-corrected chi connectivity index (χ3v) is 8.16. The molecule has 1 N–H and O–H groups in total. The van der Waals surface area contributed by atoms with Crippen LogP contribution in [0.2, 0.25) is 30.1 Å². The smallest absolute Gasteiger partial charge is 0.252 e. The molecule has 1 amide bonds. The summed E-state index contributed by atoms with van der Waals surface area (Å²) in [6.07, 6.45) is 4.20. The highest BCUT2D eigenvalue weighted by Crippen LogP contribution is 2.46. The SMILES string of the molecule is CC(C)(CCS)CNC(=O)c1cccnc1.Clc1cc(Cl)c(Sc2c(Cl)cc(Cl)cc2Cl)c(Cl)c1. The van der Waals surface area contributed by atoms with Gasteiger partial charge in [0.2, 0.25) is 0 Å². The van der Waals surface area contributed by atoms with Crippen molar-refractivity contribution in [1.29, 1.82) is 0 Å². The molecule has 0 fully saturated rings. The maximum atomic E-state index is 11.7. The molecule has 2 aromatic carbocycles. The topological polar surface area (TPSA) is 42.0 Å². The average molecular weight is 631 g/mol. The molecule has 11 heteroatoms. The Hall–Kier alpha value is -0.500. The first-order chi connectivity index (χ1) is 16.4. The van der Waals surface area contributed by atoms with Gasteiger partial charge in [0.1, 0.15) is 0 Å². The molecule has 0 spiro atoms. The molecule has 0 bridgehead atoms. The van der Waals surface area contributed by atoms with Gasteiger partial charge in [0.05, 0.1) is 25.7 Å². The Kier molecular flexibility index (Phi) is 12.7. The predicted molar refractivity (Wildman–Crippen MR) is 156 cm³/mol. The van der Waals surface area contributed by atoms with Crippen LogP contribution in [0.1, 0.15) is 30.6 Å². The van der Waals surface area contributed by atoms with Crippen LogP contribution in [0.3, 0.4) is 0 Å². The molecule has 0 unspecified atom stereocenters. The second-order valence-electron chi connectivity index (χ2n) is 8.06. The van der Waals surface area contributed by atoms with Crippen molar-refractivity contribution in [2.45, 2.75) is 30.1 Å². The number of aromatic nitrogens is 1. The van der Waals surface area contributed by atoms with Crippen molar-refractivity contribution >= 4 is 99.9 Å². The summed E-state index contributed by atoms with van der Waals surface area (Å²) < 4.78 is 0. The van der Waals surface area contributed by atoms with Gasteiger partial charge in [-0.05, 0) is 54.0 Å². The minimum atomic E-state index is -0.0691. The van der Waals surface area contributed by atoms with Crippen LogP contribution >= 0.6 is 94.0 Å². The minimum absolute atomic E-state index is 0.0691. The Balaban J connectivity index is 0.000000251. The summed E-state index contributed by atoms with van der Waals surface area (Å²) in [6.45, 7) is 4.89. The Morgan fingerprint density at radius 3 is 1.83 bits per heavy atom. The quantitative estimate of drug-likeness (QED) is 0.255. The van der Waals surface area contributed by atoms with Gasteiger partial charge in [0, 0.05) is 38.8 Å². The van der Waals surface area contributed by atoms with Gasteiger partial charge in [-0.3, -0.25) is 9.78 Å². The number of pyridine rings is 1. The average Bonchev–Trinajstić information content (AvgIpc) is 2.77. The molecule has 1 aromatic heterocycles. The Bertz CT molecular complexity index is 1060. The Morgan fingerprint density at radius 2 is 1.43 bits per heavy atom. The van der Waals surface area contributed by atoms with E-state index in [0.29, 0.717) is 52.0 Å². The number of carbonyl (C=O) groups excluding carboxylic acids is 1. The monoisotopic (exact) mass is 628 g/mol. The highest BCUT2D eigenvalue weighted by Gasteiger charge is 2.18. The lowest BCUT2D eigenvalue weighted by Gasteiger charge is -2.23. The van der Waals surface area contributed by atoms with E-state index in [4.69, 9.17) is 69.6 Å². The molecule has 35 heavy (non-hydrogen) atoms. The lowest BCUT2D eigenvalue weighted by Crippen LogP contribution is -2.34. The van der Waals surface area contributed by atoms with Gasteiger partial charge >= 0.3 is 0 Å². The molecule has 0 aliphatic heterocycles. The zero-order chi connectivity index (χ0) is 26.2. The van der Waals surface area contributed by atoms with Gasteiger partial charge in [-0.15, -0.1) is 0 Å². The van der Waals surface area contributed by atoms with Crippen molar-refractivity contribution in [3.8, 4) is 0 Å². The summed E-state index contributed by atoms with van der Waals surface area (Å²) >= 11 is 41.7. The van der Waals surface area contributed by atoms with Gasteiger partial charge in [-0.25, -0.2) is 0 Å². The molecule has 1 heterocycles. The predicted octanol–water partition coefficient (Wildman–Crippen LogP) is 9.92. The van der Waals surface area contributed by atoms with Crippen LogP contribution in [0.4, 0.5) is 0 Å². The third kappa shape index (κ3) is 10.1. The van der Waals surface area contributed by atoms with Crippen LogP contribution in [-0.4, -0.2) is 23.2 Å². The highest BCUT2D eigenvalue weighted by atomic mass is 35.5. The van der Waals surface area contributed by atoms with Crippen LogP contribution in [0, 0.1) is 5.41 Å². The first-order valence-electron chi connectivity index (χ1n) is 10.2. The number of halogens is 6. The van der Waals surface area contributed by atoms with E-state index in [1.165, 1.54) is 11.8 Å². The van der Waals surface area contributed by atoms with Crippen LogP contribution < -0.4 is 5.32 Å². The summed E-state index contributed by atoms with van der Waals surface area (Å²) in [5, 5.41) is 5.58. The number of hydrogen-bond donors (Lipinski definition) is 2. The number of thiol groups is 1. The molecule has 0 aliphatic rings. The van der Waals surface area contributed by atoms with Crippen LogP contribution in [-0.2, 0) is 0 Å². The zero-order valence-corrected chi connectivity index (χ0v) is 25.0. The van der Waals surface area contributed by atoms with E-state index >= 15 is 0 Å². The van der Waals surface area contributed by atoms with Crippen LogP contribution in [0.5, 0.6) is 0 Å². The van der Waals surface area contributed by atoms with Gasteiger partial charge < -0.3 is 5.32 Å². The van der Waals surface area contributed by atoms with E-state index in [-0.39, 0.29) is 11.3 Å².